The summed E-state index contributed by atoms with van der Waals surface area (Å²) in [5, 5.41) is 0. The molecule has 0 bridgehead atoms. The molecule has 17 heavy (non-hydrogen) atoms. The van der Waals surface area contributed by atoms with E-state index in [9.17, 15) is 0 Å². The van der Waals surface area contributed by atoms with Crippen LogP contribution >= 0.6 is 0 Å². The molecule has 3 nitrogen and oxygen atoms in total. The van der Waals surface area contributed by atoms with Gasteiger partial charge in [-0.1, -0.05) is 24.6 Å². The maximum atomic E-state index is 5.97. The van der Waals surface area contributed by atoms with E-state index in [-0.39, 0.29) is 5.41 Å². The van der Waals surface area contributed by atoms with Crippen molar-refractivity contribution in [2.75, 3.05) is 6.54 Å². The van der Waals surface area contributed by atoms with Crippen molar-refractivity contribution in [3.05, 3.63) is 42.3 Å². The van der Waals surface area contributed by atoms with Gasteiger partial charge in [-0.15, -0.1) is 0 Å². The number of aromatic nitrogens is 1. The molecule has 1 aliphatic rings. The molecule has 1 aliphatic carbocycles. The molecule has 1 aromatic heterocycles. The van der Waals surface area contributed by atoms with Gasteiger partial charge in [-0.25, -0.2) is 4.98 Å². The third kappa shape index (κ3) is 1.58. The van der Waals surface area contributed by atoms with Crippen LogP contribution in [0.3, 0.4) is 0 Å². The predicted octanol–water partition coefficient (Wildman–Crippen LogP) is 2.72. The quantitative estimate of drug-likeness (QED) is 0.878. The molecule has 2 N–H and O–H groups in total. The Kier molecular flexibility index (Phi) is 2.48. The number of benzene rings is 1. The van der Waals surface area contributed by atoms with Crippen molar-refractivity contribution < 1.29 is 4.42 Å². The van der Waals surface area contributed by atoms with E-state index in [4.69, 9.17) is 10.2 Å². The number of rotatable bonds is 3. The summed E-state index contributed by atoms with van der Waals surface area (Å²) in [5.74, 6) is 0.695. The third-order valence-corrected chi connectivity index (χ3v) is 3.86. The average molecular weight is 228 g/mol. The summed E-state index contributed by atoms with van der Waals surface area (Å²) in [4.78, 5) is 4.25. The van der Waals surface area contributed by atoms with E-state index in [1.165, 1.54) is 24.8 Å². The fraction of sp³-hybridized carbons (Fsp3) is 0.357. The van der Waals surface area contributed by atoms with E-state index in [0.717, 1.165) is 5.56 Å². The van der Waals surface area contributed by atoms with Crippen molar-refractivity contribution in [2.24, 2.45) is 5.73 Å². The molecule has 3 rings (SSSR count). The molecule has 3 heteroatoms. The Balaban J connectivity index is 2.11. The topological polar surface area (TPSA) is 52.0 Å². The SMILES string of the molecule is NCC1(c2ccccc2-c2ncco2)CCC1. The monoisotopic (exact) mass is 228 g/mol. The highest BCUT2D eigenvalue weighted by Gasteiger charge is 2.39. The number of hydrogen-bond donors (Lipinski definition) is 1. The van der Waals surface area contributed by atoms with E-state index in [1.54, 1.807) is 12.5 Å². The van der Waals surface area contributed by atoms with Crippen LogP contribution in [0.4, 0.5) is 0 Å². The summed E-state index contributed by atoms with van der Waals surface area (Å²) < 4.78 is 5.42. The van der Waals surface area contributed by atoms with Gasteiger partial charge in [0.25, 0.3) is 0 Å². The molecule has 0 unspecified atom stereocenters. The van der Waals surface area contributed by atoms with E-state index in [1.807, 2.05) is 6.07 Å². The molecule has 0 amide bonds. The van der Waals surface area contributed by atoms with Crippen LogP contribution in [0.2, 0.25) is 0 Å². The molecular formula is C14H16N2O. The molecule has 0 spiro atoms. The predicted molar refractivity (Wildman–Crippen MR) is 66.5 cm³/mol. The van der Waals surface area contributed by atoms with Crippen LogP contribution in [-0.2, 0) is 5.41 Å². The van der Waals surface area contributed by atoms with Gasteiger partial charge in [0.05, 0.1) is 6.20 Å². The zero-order valence-corrected chi connectivity index (χ0v) is 9.73. The van der Waals surface area contributed by atoms with Crippen LogP contribution < -0.4 is 5.73 Å². The fourth-order valence-electron chi connectivity index (χ4n) is 2.68. The molecule has 0 aliphatic heterocycles. The maximum Gasteiger partial charge on any atom is 0.226 e. The Morgan fingerprint density at radius 2 is 2.12 bits per heavy atom. The van der Waals surface area contributed by atoms with E-state index in [0.29, 0.717) is 12.4 Å². The Labute approximate surface area is 101 Å². The van der Waals surface area contributed by atoms with E-state index >= 15 is 0 Å². The molecule has 0 saturated heterocycles. The Hall–Kier alpha value is -1.61. The molecule has 2 aromatic rings. The first kappa shape index (κ1) is 10.5. The number of oxazole rings is 1. The van der Waals surface area contributed by atoms with Gasteiger partial charge in [-0.05, 0) is 24.5 Å². The Morgan fingerprint density at radius 3 is 2.71 bits per heavy atom. The van der Waals surface area contributed by atoms with Gasteiger partial charge in [0.1, 0.15) is 6.26 Å². The van der Waals surface area contributed by atoms with Gasteiger partial charge in [-0.3, -0.25) is 0 Å². The van der Waals surface area contributed by atoms with Crippen molar-refractivity contribution in [3.8, 4) is 11.5 Å². The van der Waals surface area contributed by atoms with Gasteiger partial charge in [0.15, 0.2) is 0 Å². The van der Waals surface area contributed by atoms with Crippen LogP contribution in [0.15, 0.2) is 41.1 Å². The highest BCUT2D eigenvalue weighted by molar-refractivity contribution is 5.61. The second-order valence-electron chi connectivity index (χ2n) is 4.72. The summed E-state index contributed by atoms with van der Waals surface area (Å²) in [6.45, 7) is 0.699. The lowest BCUT2D eigenvalue weighted by Crippen LogP contribution is -2.41. The van der Waals surface area contributed by atoms with Crippen LogP contribution in [-0.4, -0.2) is 11.5 Å². The molecule has 1 heterocycles. The second kappa shape index (κ2) is 4.00. The van der Waals surface area contributed by atoms with Gasteiger partial charge in [0, 0.05) is 17.5 Å². The maximum absolute atomic E-state index is 5.97. The summed E-state index contributed by atoms with van der Waals surface area (Å²) >= 11 is 0. The third-order valence-electron chi connectivity index (χ3n) is 3.86. The van der Waals surface area contributed by atoms with Crippen molar-refractivity contribution in [1.82, 2.24) is 4.98 Å². The zero-order chi connectivity index (χ0) is 11.7. The minimum atomic E-state index is 0.144. The number of hydrogen-bond acceptors (Lipinski definition) is 3. The summed E-state index contributed by atoms with van der Waals surface area (Å²) in [5.41, 5.74) is 8.49. The molecule has 1 aromatic carbocycles. The first-order chi connectivity index (χ1) is 8.36. The molecule has 1 fully saturated rings. The lowest BCUT2D eigenvalue weighted by molar-refractivity contribution is 0.253. The Morgan fingerprint density at radius 1 is 1.29 bits per heavy atom. The van der Waals surface area contributed by atoms with E-state index in [2.05, 4.69) is 23.2 Å². The summed E-state index contributed by atoms with van der Waals surface area (Å²) in [7, 11) is 0. The minimum absolute atomic E-state index is 0.144. The fourth-order valence-corrected chi connectivity index (χ4v) is 2.68. The Bertz CT molecular complexity index is 495. The first-order valence-corrected chi connectivity index (χ1v) is 6.05. The van der Waals surface area contributed by atoms with Gasteiger partial charge in [0.2, 0.25) is 5.89 Å². The van der Waals surface area contributed by atoms with Crippen LogP contribution in [0.25, 0.3) is 11.5 Å². The molecule has 0 atom stereocenters. The molecular weight excluding hydrogens is 212 g/mol. The summed E-state index contributed by atoms with van der Waals surface area (Å²) in [6, 6.07) is 8.31. The number of nitrogens with zero attached hydrogens (tertiary/aromatic N) is 1. The second-order valence-corrected chi connectivity index (χ2v) is 4.72. The van der Waals surface area contributed by atoms with Crippen LogP contribution in [0.5, 0.6) is 0 Å². The lowest BCUT2D eigenvalue weighted by atomic mass is 9.63. The van der Waals surface area contributed by atoms with Crippen molar-refractivity contribution >= 4 is 0 Å². The first-order valence-electron chi connectivity index (χ1n) is 6.05. The van der Waals surface area contributed by atoms with Crippen LogP contribution in [0.1, 0.15) is 24.8 Å². The van der Waals surface area contributed by atoms with Crippen LogP contribution in [0, 0.1) is 0 Å². The molecule has 0 radical (unpaired) electrons. The largest absolute Gasteiger partial charge is 0.445 e. The number of nitrogens with two attached hydrogens (primary N) is 1. The zero-order valence-electron chi connectivity index (χ0n) is 9.73. The standard InChI is InChI=1S/C14H16N2O/c15-10-14(6-3-7-14)12-5-2-1-4-11(12)13-16-8-9-17-13/h1-2,4-5,8-9H,3,6-7,10,15H2. The van der Waals surface area contributed by atoms with Gasteiger partial charge in [-0.2, -0.15) is 0 Å². The molecule has 88 valence electrons. The van der Waals surface area contributed by atoms with Crippen molar-refractivity contribution in [2.45, 2.75) is 24.7 Å². The highest BCUT2D eigenvalue weighted by atomic mass is 16.3. The van der Waals surface area contributed by atoms with Gasteiger partial charge >= 0.3 is 0 Å². The lowest BCUT2D eigenvalue weighted by Gasteiger charge is -2.42. The smallest absolute Gasteiger partial charge is 0.226 e. The van der Waals surface area contributed by atoms with Gasteiger partial charge < -0.3 is 10.2 Å². The van der Waals surface area contributed by atoms with Crippen molar-refractivity contribution in [3.63, 3.8) is 0 Å². The summed E-state index contributed by atoms with van der Waals surface area (Å²) in [6.07, 6.45) is 6.89. The van der Waals surface area contributed by atoms with Crippen molar-refractivity contribution in [1.29, 1.82) is 0 Å². The molecule has 1 saturated carbocycles. The highest BCUT2D eigenvalue weighted by Crippen LogP contribution is 2.46. The van der Waals surface area contributed by atoms with E-state index < -0.39 is 0 Å². The average Bonchev–Trinajstić information content (AvgIpc) is 2.82. The minimum Gasteiger partial charge on any atom is -0.445 e. The normalized spacial score (nSPS) is 17.7.